The molecule has 6 heteroatoms. The summed E-state index contributed by atoms with van der Waals surface area (Å²) in [6.07, 6.45) is 0. The molecule has 2 rings (SSSR count). The summed E-state index contributed by atoms with van der Waals surface area (Å²) in [5.41, 5.74) is 9.59. The summed E-state index contributed by atoms with van der Waals surface area (Å²) in [5.74, 6) is 0.822. The fraction of sp³-hybridized carbons (Fsp3) is 0.300. The van der Waals surface area contributed by atoms with Gasteiger partial charge in [0, 0.05) is 5.69 Å². The van der Waals surface area contributed by atoms with E-state index in [-0.39, 0.29) is 12.5 Å². The molecule has 0 spiro atoms. The number of hydrazine groups is 1. The van der Waals surface area contributed by atoms with Crippen LogP contribution in [-0.2, 0) is 4.79 Å². The first kappa shape index (κ1) is 19.7. The molecule has 0 aliphatic heterocycles. The van der Waals surface area contributed by atoms with Crippen molar-refractivity contribution >= 4 is 28.9 Å². The van der Waals surface area contributed by atoms with E-state index in [1.807, 2.05) is 56.3 Å². The molecule has 0 unspecified atom stereocenters. The SMILES string of the molecule is Cc1ccc(OCC(=O)NNC(=S)Nc2ccc(C(C)C)cc2)cc1C. The highest BCUT2D eigenvalue weighted by atomic mass is 32.1. The van der Waals surface area contributed by atoms with E-state index >= 15 is 0 Å². The maximum atomic E-state index is 11.9. The van der Waals surface area contributed by atoms with Gasteiger partial charge in [-0.2, -0.15) is 0 Å². The summed E-state index contributed by atoms with van der Waals surface area (Å²) in [5, 5.41) is 3.32. The summed E-state index contributed by atoms with van der Waals surface area (Å²) < 4.78 is 5.47. The Kier molecular flexibility index (Phi) is 6.97. The molecule has 0 aliphatic carbocycles. The number of thiocarbonyl (C=S) groups is 1. The molecule has 138 valence electrons. The predicted octanol–water partition coefficient (Wildman–Crippen LogP) is 3.82. The highest BCUT2D eigenvalue weighted by molar-refractivity contribution is 7.80. The Morgan fingerprint density at radius 2 is 1.73 bits per heavy atom. The monoisotopic (exact) mass is 371 g/mol. The lowest BCUT2D eigenvalue weighted by molar-refractivity contribution is -0.123. The number of anilines is 1. The van der Waals surface area contributed by atoms with Gasteiger partial charge in [0.1, 0.15) is 5.75 Å². The van der Waals surface area contributed by atoms with Crippen LogP contribution in [0.15, 0.2) is 42.5 Å². The highest BCUT2D eigenvalue weighted by Crippen LogP contribution is 2.17. The van der Waals surface area contributed by atoms with Crippen molar-refractivity contribution in [2.45, 2.75) is 33.6 Å². The summed E-state index contributed by atoms with van der Waals surface area (Å²) in [6.45, 7) is 8.22. The molecule has 0 radical (unpaired) electrons. The van der Waals surface area contributed by atoms with Gasteiger partial charge in [0.2, 0.25) is 0 Å². The standard InChI is InChI=1S/C20H25N3O2S/c1-13(2)16-6-8-17(9-7-16)21-20(26)23-22-19(24)12-25-18-10-5-14(3)15(4)11-18/h5-11,13H,12H2,1-4H3,(H,22,24)(H2,21,23,26). The third-order valence-corrected chi connectivity index (χ3v) is 4.20. The van der Waals surface area contributed by atoms with Crippen molar-refractivity contribution in [1.82, 2.24) is 10.9 Å². The normalized spacial score (nSPS) is 10.3. The molecule has 2 aromatic rings. The molecule has 1 amide bonds. The van der Waals surface area contributed by atoms with Crippen LogP contribution in [0.3, 0.4) is 0 Å². The van der Waals surface area contributed by atoms with Crippen LogP contribution in [-0.4, -0.2) is 17.6 Å². The predicted molar refractivity (Wildman–Crippen MR) is 109 cm³/mol. The number of aryl methyl sites for hydroxylation is 2. The van der Waals surface area contributed by atoms with E-state index in [1.54, 1.807) is 0 Å². The Hall–Kier alpha value is -2.60. The minimum atomic E-state index is -0.317. The molecule has 0 aromatic heterocycles. The molecule has 0 aliphatic rings. The van der Waals surface area contributed by atoms with Crippen molar-refractivity contribution < 1.29 is 9.53 Å². The van der Waals surface area contributed by atoms with Crippen LogP contribution in [0.2, 0.25) is 0 Å². The second-order valence-electron chi connectivity index (χ2n) is 6.44. The van der Waals surface area contributed by atoms with Crippen molar-refractivity contribution in [3.8, 4) is 5.75 Å². The Labute approximate surface area is 160 Å². The molecule has 2 aromatic carbocycles. The van der Waals surface area contributed by atoms with Gasteiger partial charge < -0.3 is 10.1 Å². The van der Waals surface area contributed by atoms with E-state index in [0.29, 0.717) is 16.8 Å². The Balaban J connectivity index is 1.74. The molecule has 0 saturated heterocycles. The first-order valence-corrected chi connectivity index (χ1v) is 8.92. The van der Waals surface area contributed by atoms with Crippen LogP contribution in [0.4, 0.5) is 5.69 Å². The summed E-state index contributed by atoms with van der Waals surface area (Å²) in [6, 6.07) is 13.7. The minimum absolute atomic E-state index is 0.0960. The fourth-order valence-electron chi connectivity index (χ4n) is 2.23. The van der Waals surface area contributed by atoms with Crippen molar-refractivity contribution in [2.24, 2.45) is 0 Å². The molecular weight excluding hydrogens is 346 g/mol. The number of carbonyl (C=O) groups is 1. The van der Waals surface area contributed by atoms with Crippen LogP contribution < -0.4 is 20.9 Å². The van der Waals surface area contributed by atoms with Crippen molar-refractivity contribution in [3.05, 3.63) is 59.2 Å². The average Bonchev–Trinajstić information content (AvgIpc) is 2.61. The number of hydrogen-bond donors (Lipinski definition) is 3. The fourth-order valence-corrected chi connectivity index (χ4v) is 2.40. The third-order valence-electron chi connectivity index (χ3n) is 4.00. The highest BCUT2D eigenvalue weighted by Gasteiger charge is 2.05. The molecular formula is C20H25N3O2S. The summed E-state index contributed by atoms with van der Waals surface area (Å²) in [7, 11) is 0. The summed E-state index contributed by atoms with van der Waals surface area (Å²) >= 11 is 5.17. The Morgan fingerprint density at radius 3 is 2.35 bits per heavy atom. The largest absolute Gasteiger partial charge is 0.484 e. The van der Waals surface area contributed by atoms with E-state index in [0.717, 1.165) is 11.3 Å². The van der Waals surface area contributed by atoms with Gasteiger partial charge in [-0.3, -0.25) is 15.6 Å². The zero-order valence-corrected chi connectivity index (χ0v) is 16.4. The summed E-state index contributed by atoms with van der Waals surface area (Å²) in [4.78, 5) is 11.9. The number of hydrogen-bond acceptors (Lipinski definition) is 3. The minimum Gasteiger partial charge on any atom is -0.484 e. The first-order valence-electron chi connectivity index (χ1n) is 8.51. The molecule has 5 nitrogen and oxygen atoms in total. The lowest BCUT2D eigenvalue weighted by Crippen LogP contribution is -2.45. The first-order chi connectivity index (χ1) is 12.3. The van der Waals surface area contributed by atoms with Gasteiger partial charge in [-0.15, -0.1) is 0 Å². The number of amides is 1. The van der Waals surface area contributed by atoms with Crippen LogP contribution >= 0.6 is 12.2 Å². The Bertz CT molecular complexity index is 773. The molecule has 26 heavy (non-hydrogen) atoms. The van der Waals surface area contributed by atoms with E-state index in [2.05, 4.69) is 30.0 Å². The quantitative estimate of drug-likeness (QED) is 0.551. The van der Waals surface area contributed by atoms with Gasteiger partial charge in [-0.25, -0.2) is 0 Å². The van der Waals surface area contributed by atoms with Gasteiger partial charge in [-0.1, -0.05) is 32.0 Å². The van der Waals surface area contributed by atoms with Gasteiger partial charge in [0.25, 0.3) is 5.91 Å². The van der Waals surface area contributed by atoms with E-state index in [1.165, 1.54) is 11.1 Å². The maximum Gasteiger partial charge on any atom is 0.276 e. The van der Waals surface area contributed by atoms with Gasteiger partial charge in [0.15, 0.2) is 11.7 Å². The van der Waals surface area contributed by atoms with Gasteiger partial charge in [-0.05, 0) is 72.9 Å². The number of benzene rings is 2. The number of ether oxygens (including phenoxy) is 1. The molecule has 0 fully saturated rings. The Morgan fingerprint density at radius 1 is 1.04 bits per heavy atom. The lowest BCUT2D eigenvalue weighted by atomic mass is 10.0. The lowest BCUT2D eigenvalue weighted by Gasteiger charge is -2.13. The van der Waals surface area contributed by atoms with Crippen molar-refractivity contribution in [3.63, 3.8) is 0 Å². The third kappa shape index (κ3) is 6.04. The number of rotatable bonds is 5. The average molecular weight is 372 g/mol. The maximum absolute atomic E-state index is 11.9. The smallest absolute Gasteiger partial charge is 0.276 e. The second kappa shape index (κ2) is 9.20. The van der Waals surface area contributed by atoms with Crippen LogP contribution in [0.1, 0.15) is 36.5 Å². The van der Waals surface area contributed by atoms with Gasteiger partial charge in [0.05, 0.1) is 0 Å². The number of carbonyl (C=O) groups excluding carboxylic acids is 1. The van der Waals surface area contributed by atoms with Crippen LogP contribution in [0, 0.1) is 13.8 Å². The zero-order chi connectivity index (χ0) is 19.1. The van der Waals surface area contributed by atoms with Crippen molar-refractivity contribution in [1.29, 1.82) is 0 Å². The molecule has 0 atom stereocenters. The van der Waals surface area contributed by atoms with Crippen LogP contribution in [0.5, 0.6) is 5.75 Å². The topological polar surface area (TPSA) is 62.4 Å². The second-order valence-corrected chi connectivity index (χ2v) is 6.85. The zero-order valence-electron chi connectivity index (χ0n) is 15.6. The molecule has 0 heterocycles. The van der Waals surface area contributed by atoms with Crippen molar-refractivity contribution in [2.75, 3.05) is 11.9 Å². The number of nitrogens with one attached hydrogen (secondary N) is 3. The molecule has 0 bridgehead atoms. The van der Waals surface area contributed by atoms with E-state index < -0.39 is 0 Å². The van der Waals surface area contributed by atoms with Crippen LogP contribution in [0.25, 0.3) is 0 Å². The molecule has 3 N–H and O–H groups in total. The van der Waals surface area contributed by atoms with E-state index in [4.69, 9.17) is 17.0 Å². The van der Waals surface area contributed by atoms with E-state index in [9.17, 15) is 4.79 Å². The molecule has 0 saturated carbocycles. The van der Waals surface area contributed by atoms with Gasteiger partial charge >= 0.3 is 0 Å².